The lowest BCUT2D eigenvalue weighted by molar-refractivity contribution is 0.0949. The number of hydrogen-bond acceptors (Lipinski definition) is 3. The van der Waals surface area contributed by atoms with Gasteiger partial charge in [-0.25, -0.2) is 0 Å². The van der Waals surface area contributed by atoms with Crippen molar-refractivity contribution >= 4 is 21.8 Å². The fourth-order valence-corrected chi connectivity index (χ4v) is 1.81. The van der Waals surface area contributed by atoms with Crippen molar-refractivity contribution in [2.45, 2.75) is 20.0 Å². The van der Waals surface area contributed by atoms with E-state index in [1.165, 1.54) is 0 Å². The molecule has 2 rings (SSSR count). The van der Waals surface area contributed by atoms with Gasteiger partial charge in [-0.3, -0.25) is 4.79 Å². The van der Waals surface area contributed by atoms with E-state index < -0.39 is 0 Å². The molecule has 0 unspecified atom stereocenters. The lowest BCUT2D eigenvalue weighted by atomic mass is 10.2. The first-order valence-electron chi connectivity index (χ1n) is 5.61. The molecule has 0 atom stereocenters. The summed E-state index contributed by atoms with van der Waals surface area (Å²) in [6, 6.07) is 7.21. The number of aryl methyl sites for hydroxylation is 1. The molecule has 1 heterocycles. The van der Waals surface area contributed by atoms with Gasteiger partial charge >= 0.3 is 0 Å². The molecule has 0 saturated carbocycles. The first-order chi connectivity index (χ1) is 8.70. The van der Waals surface area contributed by atoms with Crippen molar-refractivity contribution in [1.82, 2.24) is 20.1 Å². The summed E-state index contributed by atoms with van der Waals surface area (Å²) in [5.74, 6) is 0.635. The second-order valence-electron chi connectivity index (χ2n) is 3.72. The van der Waals surface area contributed by atoms with Crippen LogP contribution >= 0.6 is 15.9 Å². The van der Waals surface area contributed by atoms with Crippen molar-refractivity contribution in [1.29, 1.82) is 0 Å². The molecule has 0 bridgehead atoms. The fourth-order valence-electron chi connectivity index (χ4n) is 1.54. The summed E-state index contributed by atoms with van der Waals surface area (Å²) in [6.07, 6.45) is 1.65. The van der Waals surface area contributed by atoms with Crippen molar-refractivity contribution in [2.75, 3.05) is 0 Å². The highest BCUT2D eigenvalue weighted by molar-refractivity contribution is 9.10. The third-order valence-electron chi connectivity index (χ3n) is 2.55. The van der Waals surface area contributed by atoms with Gasteiger partial charge in [0, 0.05) is 16.6 Å². The maximum absolute atomic E-state index is 11.9. The Kier molecular flexibility index (Phi) is 4.09. The van der Waals surface area contributed by atoms with E-state index in [0.29, 0.717) is 12.1 Å². The number of halogens is 1. The number of rotatable bonds is 4. The first kappa shape index (κ1) is 12.8. The van der Waals surface area contributed by atoms with Crippen molar-refractivity contribution in [3.63, 3.8) is 0 Å². The molecular weight excluding hydrogens is 296 g/mol. The largest absolute Gasteiger partial charge is 0.345 e. The van der Waals surface area contributed by atoms with E-state index in [-0.39, 0.29) is 5.91 Å². The molecule has 1 aromatic carbocycles. The van der Waals surface area contributed by atoms with Gasteiger partial charge < -0.3 is 9.88 Å². The lowest BCUT2D eigenvalue weighted by Gasteiger charge is -2.06. The summed E-state index contributed by atoms with van der Waals surface area (Å²) >= 11 is 3.33. The van der Waals surface area contributed by atoms with E-state index in [0.717, 1.165) is 16.8 Å². The van der Waals surface area contributed by atoms with Gasteiger partial charge in [-0.05, 0) is 31.2 Å². The van der Waals surface area contributed by atoms with E-state index in [1.807, 2.05) is 23.6 Å². The van der Waals surface area contributed by atoms with Crippen LogP contribution in [0.3, 0.4) is 0 Å². The Bertz CT molecular complexity index is 535. The SMILES string of the molecule is CCn1cnnc1CNC(=O)c1ccc(Br)cc1. The van der Waals surface area contributed by atoms with Gasteiger partial charge in [-0.2, -0.15) is 0 Å². The number of nitrogens with zero attached hydrogens (tertiary/aromatic N) is 3. The summed E-state index contributed by atoms with van der Waals surface area (Å²) in [5, 5.41) is 10.6. The Morgan fingerprint density at radius 3 is 2.78 bits per heavy atom. The number of hydrogen-bond donors (Lipinski definition) is 1. The Hall–Kier alpha value is -1.69. The van der Waals surface area contributed by atoms with Gasteiger partial charge in [0.25, 0.3) is 5.91 Å². The van der Waals surface area contributed by atoms with Crippen LogP contribution in [0.2, 0.25) is 0 Å². The Balaban J connectivity index is 1.98. The number of amides is 1. The summed E-state index contributed by atoms with van der Waals surface area (Å²) < 4.78 is 2.84. The van der Waals surface area contributed by atoms with Crippen LogP contribution in [0.5, 0.6) is 0 Å². The molecule has 0 radical (unpaired) electrons. The van der Waals surface area contributed by atoms with E-state index >= 15 is 0 Å². The number of carbonyl (C=O) groups excluding carboxylic acids is 1. The quantitative estimate of drug-likeness (QED) is 0.939. The van der Waals surface area contributed by atoms with Crippen LogP contribution in [0.4, 0.5) is 0 Å². The van der Waals surface area contributed by atoms with Crippen LogP contribution in [0.15, 0.2) is 35.1 Å². The third kappa shape index (κ3) is 2.95. The lowest BCUT2D eigenvalue weighted by Crippen LogP contribution is -2.24. The van der Waals surface area contributed by atoms with Crippen LogP contribution in [0.1, 0.15) is 23.1 Å². The molecule has 0 spiro atoms. The van der Waals surface area contributed by atoms with Gasteiger partial charge in [-0.1, -0.05) is 15.9 Å². The number of benzene rings is 1. The van der Waals surface area contributed by atoms with Gasteiger partial charge in [-0.15, -0.1) is 10.2 Å². The van der Waals surface area contributed by atoms with Crippen LogP contribution in [0, 0.1) is 0 Å². The first-order valence-corrected chi connectivity index (χ1v) is 6.40. The van der Waals surface area contributed by atoms with Crippen molar-refractivity contribution in [2.24, 2.45) is 0 Å². The predicted octanol–water partition coefficient (Wildman–Crippen LogP) is 1.99. The van der Waals surface area contributed by atoms with E-state index in [1.54, 1.807) is 18.5 Å². The third-order valence-corrected chi connectivity index (χ3v) is 3.08. The summed E-state index contributed by atoms with van der Waals surface area (Å²) in [4.78, 5) is 11.9. The normalized spacial score (nSPS) is 10.3. The zero-order valence-electron chi connectivity index (χ0n) is 9.93. The van der Waals surface area contributed by atoms with Crippen LogP contribution < -0.4 is 5.32 Å². The Labute approximate surface area is 113 Å². The number of aromatic nitrogens is 3. The molecule has 2 aromatic rings. The smallest absolute Gasteiger partial charge is 0.251 e. The minimum absolute atomic E-state index is 0.117. The van der Waals surface area contributed by atoms with E-state index in [4.69, 9.17) is 0 Å². The second kappa shape index (κ2) is 5.77. The standard InChI is InChI=1S/C12H13BrN4O/c1-2-17-8-15-16-11(17)7-14-12(18)9-3-5-10(13)6-4-9/h3-6,8H,2,7H2,1H3,(H,14,18). The van der Waals surface area contributed by atoms with E-state index in [2.05, 4.69) is 31.4 Å². The molecule has 1 N–H and O–H groups in total. The molecular formula is C12H13BrN4O. The second-order valence-corrected chi connectivity index (χ2v) is 4.64. The molecule has 0 aliphatic heterocycles. The molecule has 6 heteroatoms. The highest BCUT2D eigenvalue weighted by Crippen LogP contribution is 2.10. The maximum Gasteiger partial charge on any atom is 0.251 e. The molecule has 94 valence electrons. The average molecular weight is 309 g/mol. The minimum atomic E-state index is -0.117. The molecule has 0 aliphatic carbocycles. The highest BCUT2D eigenvalue weighted by atomic mass is 79.9. The van der Waals surface area contributed by atoms with Gasteiger partial charge in [0.1, 0.15) is 6.33 Å². The molecule has 1 amide bonds. The molecule has 0 aliphatic rings. The molecule has 5 nitrogen and oxygen atoms in total. The molecule has 1 aromatic heterocycles. The van der Waals surface area contributed by atoms with Gasteiger partial charge in [0.05, 0.1) is 6.54 Å². The van der Waals surface area contributed by atoms with Crippen LogP contribution in [-0.2, 0) is 13.1 Å². The zero-order valence-corrected chi connectivity index (χ0v) is 11.5. The van der Waals surface area contributed by atoms with Crippen molar-refractivity contribution in [3.8, 4) is 0 Å². The Morgan fingerprint density at radius 2 is 2.11 bits per heavy atom. The number of carbonyl (C=O) groups is 1. The highest BCUT2D eigenvalue weighted by Gasteiger charge is 2.07. The molecule has 0 saturated heterocycles. The van der Waals surface area contributed by atoms with Crippen molar-refractivity contribution in [3.05, 3.63) is 46.5 Å². The molecule has 0 fully saturated rings. The number of nitrogens with one attached hydrogen (secondary N) is 1. The maximum atomic E-state index is 11.9. The van der Waals surface area contributed by atoms with Crippen molar-refractivity contribution < 1.29 is 4.79 Å². The van der Waals surface area contributed by atoms with Gasteiger partial charge in [0.2, 0.25) is 0 Å². The van der Waals surface area contributed by atoms with Crippen LogP contribution in [-0.4, -0.2) is 20.7 Å². The van der Waals surface area contributed by atoms with Crippen LogP contribution in [0.25, 0.3) is 0 Å². The summed E-state index contributed by atoms with van der Waals surface area (Å²) in [6.45, 7) is 3.17. The fraction of sp³-hybridized carbons (Fsp3) is 0.250. The molecule has 18 heavy (non-hydrogen) atoms. The Morgan fingerprint density at radius 1 is 1.39 bits per heavy atom. The summed E-state index contributed by atoms with van der Waals surface area (Å²) in [7, 11) is 0. The van der Waals surface area contributed by atoms with E-state index in [9.17, 15) is 4.79 Å². The minimum Gasteiger partial charge on any atom is -0.345 e. The topological polar surface area (TPSA) is 59.8 Å². The average Bonchev–Trinajstić information content (AvgIpc) is 2.84. The predicted molar refractivity (Wildman–Crippen MR) is 71.0 cm³/mol. The zero-order chi connectivity index (χ0) is 13.0. The monoisotopic (exact) mass is 308 g/mol. The summed E-state index contributed by atoms with van der Waals surface area (Å²) in [5.41, 5.74) is 0.626. The van der Waals surface area contributed by atoms with Gasteiger partial charge in [0.15, 0.2) is 5.82 Å².